The van der Waals surface area contributed by atoms with E-state index in [1.165, 1.54) is 0 Å². The fraction of sp³-hybridized carbons (Fsp3) is 0.377. The molecule has 480 valence electrons. The number of guanidine groups is 1. The summed E-state index contributed by atoms with van der Waals surface area (Å²) >= 11 is 0. The minimum atomic E-state index is -4.21. The molecular weight excluding hydrogens is 1170 g/mol. The smallest absolute Gasteiger partial charge is 0.453 e. The number of rotatable bonds is 32. The topological polar surface area (TPSA) is 247 Å². The van der Waals surface area contributed by atoms with Crippen molar-refractivity contribution in [1.29, 1.82) is 0 Å². The number of amides is 3. The van der Waals surface area contributed by atoms with Crippen LogP contribution in [0.1, 0.15) is 87.8 Å². The first kappa shape index (κ1) is 66.4. The molecule has 0 bridgehead atoms. The molecule has 1 fully saturated rings. The number of para-hydroxylation sites is 2. The minimum Gasteiger partial charge on any atom is -0.456 e. The Morgan fingerprint density at radius 3 is 2.05 bits per heavy atom. The van der Waals surface area contributed by atoms with Crippen LogP contribution >= 0.6 is 7.60 Å². The molecule has 1 unspecified atom stereocenters. The van der Waals surface area contributed by atoms with E-state index in [4.69, 9.17) is 39.1 Å². The van der Waals surface area contributed by atoms with E-state index in [0.717, 1.165) is 103 Å². The summed E-state index contributed by atoms with van der Waals surface area (Å²) in [4.78, 5) is 51.5. The van der Waals surface area contributed by atoms with Gasteiger partial charge in [-0.3, -0.25) is 14.3 Å². The number of alkyl carbamates (subject to hydrolysis) is 1. The highest BCUT2D eigenvalue weighted by molar-refractivity contribution is 7.55. The zero-order valence-electron chi connectivity index (χ0n) is 52.6. The summed E-state index contributed by atoms with van der Waals surface area (Å²) in [7, 11) is -4.21. The molecule has 0 radical (unpaired) electrons. The van der Waals surface area contributed by atoms with Gasteiger partial charge in [-0.15, -0.1) is 5.10 Å². The predicted octanol–water partition coefficient (Wildman–Crippen LogP) is 10.9. The number of aliphatic imine (C=N–C) groups is 1. The molecular formula is C69H85N11O10P+. The van der Waals surface area contributed by atoms with Crippen LogP contribution in [0.4, 0.5) is 16.2 Å². The second-order valence-corrected chi connectivity index (χ2v) is 24.2. The van der Waals surface area contributed by atoms with Gasteiger partial charge in [-0.1, -0.05) is 91.2 Å². The van der Waals surface area contributed by atoms with Crippen molar-refractivity contribution >= 4 is 53.8 Å². The average molecular weight is 1260 g/mol. The van der Waals surface area contributed by atoms with Crippen LogP contribution in [0.5, 0.6) is 11.5 Å². The summed E-state index contributed by atoms with van der Waals surface area (Å²) in [6, 6.07) is 44.7. The van der Waals surface area contributed by atoms with Crippen LogP contribution in [-0.2, 0) is 43.1 Å². The molecule has 3 aliphatic rings. The van der Waals surface area contributed by atoms with E-state index in [1.54, 1.807) is 84.9 Å². The van der Waals surface area contributed by atoms with Gasteiger partial charge < -0.3 is 59.2 Å². The lowest BCUT2D eigenvalue weighted by atomic mass is 9.90. The van der Waals surface area contributed by atoms with Crippen molar-refractivity contribution in [2.24, 2.45) is 16.5 Å². The molecule has 5 aromatic carbocycles. The molecule has 3 heterocycles. The summed E-state index contributed by atoms with van der Waals surface area (Å²) in [5.41, 5.74) is 18.3. The van der Waals surface area contributed by atoms with Crippen LogP contribution in [-0.4, -0.2) is 133 Å². The molecule has 9 rings (SSSR count). The first-order chi connectivity index (χ1) is 44.3. The molecule has 91 heavy (non-hydrogen) atoms. The van der Waals surface area contributed by atoms with Crippen LogP contribution in [0.25, 0.3) is 33.4 Å². The lowest BCUT2D eigenvalue weighted by Gasteiger charge is -2.35. The number of hydrogen-bond donors (Lipinski definition) is 3. The SMILES string of the molecule is CCN(CC)c1ccc2c(-c3ccccc3C(=O)N3CCN(C(=O)CCCCCCCn4cc(COCCOCCOC(=O)NC(Cc5ccc(N=C(N)N)cc5)P(=O)(Oc5ccccc5)Oc5ccccc5)nn4)CC3)c3ccc(=[N+](CC)CC)cc-3oc2c1. The van der Waals surface area contributed by atoms with Gasteiger partial charge in [-0.25, -0.2) is 18.9 Å². The van der Waals surface area contributed by atoms with Crippen LogP contribution in [0.3, 0.4) is 0 Å². The number of unbranched alkanes of at least 4 members (excludes halogenated alkanes) is 4. The number of fused-ring (bicyclic) bond motifs is 2. The highest BCUT2D eigenvalue weighted by Crippen LogP contribution is 2.53. The van der Waals surface area contributed by atoms with Crippen molar-refractivity contribution < 1.29 is 46.6 Å². The third-order valence-electron chi connectivity index (χ3n) is 16.0. The average Bonchev–Trinajstić information content (AvgIpc) is 0.898. The lowest BCUT2D eigenvalue weighted by molar-refractivity contribution is -0.132. The summed E-state index contributed by atoms with van der Waals surface area (Å²) < 4.78 is 54.7. The molecule has 0 spiro atoms. The third kappa shape index (κ3) is 18.3. The number of ether oxygens (including phenoxy) is 3. The zero-order chi connectivity index (χ0) is 64.0. The van der Waals surface area contributed by atoms with Crippen LogP contribution in [0.2, 0.25) is 0 Å². The highest BCUT2D eigenvalue weighted by atomic mass is 31.2. The monoisotopic (exact) mass is 1260 g/mol. The van der Waals surface area contributed by atoms with Gasteiger partial charge >= 0.3 is 13.7 Å². The molecule has 6 aromatic rings. The minimum absolute atomic E-state index is 0.0370. The Morgan fingerprint density at radius 1 is 0.714 bits per heavy atom. The Labute approximate surface area is 532 Å². The second-order valence-electron chi connectivity index (χ2n) is 22.1. The van der Waals surface area contributed by atoms with E-state index in [1.807, 2.05) is 44.9 Å². The number of piperazine rings is 1. The van der Waals surface area contributed by atoms with Crippen molar-refractivity contribution in [2.45, 2.75) is 91.6 Å². The fourth-order valence-electron chi connectivity index (χ4n) is 11.2. The maximum Gasteiger partial charge on any atom is 0.453 e. The number of anilines is 1. The molecule has 1 atom stereocenters. The summed E-state index contributed by atoms with van der Waals surface area (Å²) in [5, 5.41) is 13.3. The lowest BCUT2D eigenvalue weighted by Crippen LogP contribution is -2.50. The second kappa shape index (κ2) is 33.1. The maximum absolute atomic E-state index is 14.8. The Kier molecular flexibility index (Phi) is 24.2. The number of benzene rings is 6. The van der Waals surface area contributed by atoms with E-state index in [9.17, 15) is 18.9 Å². The molecule has 0 saturated carbocycles. The van der Waals surface area contributed by atoms with Crippen molar-refractivity contribution in [3.05, 3.63) is 174 Å². The van der Waals surface area contributed by atoms with Crippen LogP contribution in [0.15, 0.2) is 161 Å². The van der Waals surface area contributed by atoms with Crippen LogP contribution < -0.4 is 40.7 Å². The van der Waals surface area contributed by atoms with E-state index in [2.05, 4.69) is 94.2 Å². The number of hydrogen-bond acceptors (Lipinski definition) is 14. The molecule has 1 aliphatic carbocycles. The van der Waals surface area contributed by atoms with Gasteiger partial charge in [0.1, 0.15) is 48.2 Å². The van der Waals surface area contributed by atoms with Crippen molar-refractivity contribution in [1.82, 2.24) is 34.7 Å². The van der Waals surface area contributed by atoms with Gasteiger partial charge in [0.15, 0.2) is 11.7 Å². The Balaban J connectivity index is 0.666. The fourth-order valence-corrected chi connectivity index (χ4v) is 13.0. The van der Waals surface area contributed by atoms with Gasteiger partial charge in [-0.05, 0) is 112 Å². The van der Waals surface area contributed by atoms with Gasteiger partial charge in [0.25, 0.3) is 5.91 Å². The number of carbonyl (C=O) groups is 3. The van der Waals surface area contributed by atoms with Gasteiger partial charge in [0, 0.05) is 98.6 Å². The van der Waals surface area contributed by atoms with Crippen molar-refractivity contribution in [2.75, 3.05) is 83.7 Å². The highest BCUT2D eigenvalue weighted by Gasteiger charge is 2.41. The summed E-state index contributed by atoms with van der Waals surface area (Å²) in [6.45, 7) is 15.5. The van der Waals surface area contributed by atoms with E-state index in [-0.39, 0.29) is 68.7 Å². The van der Waals surface area contributed by atoms with Gasteiger partial charge in [-0.2, -0.15) is 0 Å². The standard InChI is InChI=1S/C69H84N11O10P/c1-5-76(6-2)54-33-35-60-62(47-54)88-63-48-55(77(7-3)8-4)34-36-61(63)66(60)58-26-19-20-27-59(58)67(82)79-40-38-78(39-41-79)65(81)28-18-10-9-11-21-37-80-49-53(74-75-80)50-86-43-42-85-44-45-87-69(83)73-64(46-51-29-31-52(32-30-51)72-68(70)71)91(84,89-56-22-14-12-15-23-56)90-57-24-16-13-17-25-57/h12-17,19-20,22-27,29-36,47-49,64H,5-11,18,21,28,37-46,50H2,1-4H3,(H4-,70,71,72,73,83)/p+1. The first-order valence-electron chi connectivity index (χ1n) is 31.6. The summed E-state index contributed by atoms with van der Waals surface area (Å²) in [5.74, 6) is 0.141. The molecule has 3 amide bonds. The quantitative estimate of drug-likeness (QED) is 0.00886. The Hall–Kier alpha value is -9.04. The normalized spacial score (nSPS) is 12.8. The van der Waals surface area contributed by atoms with E-state index >= 15 is 0 Å². The third-order valence-corrected chi connectivity index (χ3v) is 18.0. The van der Waals surface area contributed by atoms with Gasteiger partial charge in [0.05, 0.1) is 44.4 Å². The summed E-state index contributed by atoms with van der Waals surface area (Å²) in [6.07, 6.45) is 6.21. The van der Waals surface area contributed by atoms with Crippen molar-refractivity contribution in [3.63, 3.8) is 0 Å². The zero-order valence-corrected chi connectivity index (χ0v) is 53.5. The van der Waals surface area contributed by atoms with E-state index in [0.29, 0.717) is 61.7 Å². The number of carbonyl (C=O) groups excluding carboxylic acids is 3. The Morgan fingerprint density at radius 2 is 1.36 bits per heavy atom. The largest absolute Gasteiger partial charge is 0.456 e. The Bertz CT molecular complexity index is 3720. The predicted molar refractivity (Wildman–Crippen MR) is 355 cm³/mol. The molecule has 1 saturated heterocycles. The first-order valence-corrected chi connectivity index (χ1v) is 33.2. The van der Waals surface area contributed by atoms with E-state index < -0.39 is 19.5 Å². The molecule has 5 N–H and O–H groups in total. The maximum atomic E-state index is 14.8. The molecule has 22 heteroatoms. The number of nitrogens with zero attached hydrogens (tertiary/aromatic N) is 8. The molecule has 21 nitrogen and oxygen atoms in total. The van der Waals surface area contributed by atoms with Crippen LogP contribution in [0, 0.1) is 0 Å². The number of nitrogens with one attached hydrogen (secondary N) is 1. The van der Waals surface area contributed by atoms with Gasteiger partial charge in [0.2, 0.25) is 11.3 Å². The molecule has 1 aromatic heterocycles. The molecule has 2 aliphatic heterocycles. The number of aromatic nitrogens is 3. The van der Waals surface area contributed by atoms with Crippen molar-refractivity contribution in [3.8, 4) is 33.9 Å². The number of nitrogens with two attached hydrogens (primary N) is 2. The number of aryl methyl sites for hydroxylation is 1.